The summed E-state index contributed by atoms with van der Waals surface area (Å²) in [5.41, 5.74) is 1.05. The number of aromatic nitrogens is 5. The molecular formula is C9H8IN5S. The van der Waals surface area contributed by atoms with Gasteiger partial charge in [0.1, 0.15) is 3.70 Å². The highest BCUT2D eigenvalue weighted by Gasteiger charge is 2.10. The molecule has 0 unspecified atom stereocenters. The molecule has 16 heavy (non-hydrogen) atoms. The average Bonchev–Trinajstić information content (AvgIpc) is 2.88. The minimum Gasteiger partial charge on any atom is -0.272 e. The van der Waals surface area contributed by atoms with Crippen molar-refractivity contribution in [1.82, 2.24) is 24.4 Å². The first-order valence-corrected chi connectivity index (χ1v) is 6.70. The summed E-state index contributed by atoms with van der Waals surface area (Å²) in [4.78, 5) is 5.28. The lowest BCUT2D eigenvalue weighted by Crippen LogP contribution is -1.91. The summed E-state index contributed by atoms with van der Waals surface area (Å²) in [5, 5.41) is 9.66. The molecule has 0 spiro atoms. The lowest BCUT2D eigenvalue weighted by molar-refractivity contribution is 0.660. The summed E-state index contributed by atoms with van der Waals surface area (Å²) in [5.74, 6) is 0. The lowest BCUT2D eigenvalue weighted by Gasteiger charge is -1.89. The number of fused-ring (bicyclic) bond motifs is 1. The Morgan fingerprint density at radius 1 is 1.44 bits per heavy atom. The van der Waals surface area contributed by atoms with Crippen molar-refractivity contribution in [3.63, 3.8) is 0 Å². The fraction of sp³-hybridized carbons (Fsp3) is 0.222. The van der Waals surface area contributed by atoms with E-state index in [1.807, 2.05) is 27.8 Å². The molecule has 7 heteroatoms. The summed E-state index contributed by atoms with van der Waals surface area (Å²) in [6.07, 6.45) is 5.76. The van der Waals surface area contributed by atoms with E-state index in [2.05, 4.69) is 44.7 Å². The monoisotopic (exact) mass is 345 g/mol. The molecule has 0 bridgehead atoms. The van der Waals surface area contributed by atoms with E-state index in [0.29, 0.717) is 0 Å². The highest BCUT2D eigenvalue weighted by atomic mass is 127. The van der Waals surface area contributed by atoms with E-state index in [9.17, 15) is 0 Å². The van der Waals surface area contributed by atoms with Crippen LogP contribution in [0.2, 0.25) is 0 Å². The van der Waals surface area contributed by atoms with Gasteiger partial charge in [-0.05, 0) is 29.5 Å². The third kappa shape index (κ3) is 1.63. The van der Waals surface area contributed by atoms with Crippen LogP contribution in [-0.2, 0) is 6.54 Å². The molecule has 0 fully saturated rings. The van der Waals surface area contributed by atoms with Gasteiger partial charge in [0, 0.05) is 12.7 Å². The van der Waals surface area contributed by atoms with Crippen LogP contribution >= 0.6 is 33.9 Å². The molecule has 3 aromatic heterocycles. The molecule has 0 aliphatic rings. The Morgan fingerprint density at radius 2 is 2.31 bits per heavy atom. The summed E-state index contributed by atoms with van der Waals surface area (Å²) in [7, 11) is 0. The zero-order chi connectivity index (χ0) is 11.1. The zero-order valence-electron chi connectivity index (χ0n) is 8.46. The first-order valence-electron chi connectivity index (χ1n) is 4.81. The van der Waals surface area contributed by atoms with Crippen molar-refractivity contribution in [3.8, 4) is 10.6 Å². The van der Waals surface area contributed by atoms with E-state index in [0.717, 1.165) is 25.8 Å². The standard InChI is InChI=1S/C9H8IN5S/c1-2-14-4-6(3-11-14)8-13-15-5-7(10)12-9(15)16-8/h3-5H,2H2,1H3. The average molecular weight is 345 g/mol. The highest BCUT2D eigenvalue weighted by Crippen LogP contribution is 2.25. The smallest absolute Gasteiger partial charge is 0.213 e. The molecule has 3 aromatic rings. The van der Waals surface area contributed by atoms with Gasteiger partial charge >= 0.3 is 0 Å². The molecule has 0 aliphatic carbocycles. The Kier molecular flexibility index (Phi) is 2.43. The second-order valence-corrected chi connectivity index (χ2v) is 5.34. The van der Waals surface area contributed by atoms with Gasteiger partial charge in [-0.15, -0.1) is 0 Å². The molecule has 3 rings (SSSR count). The largest absolute Gasteiger partial charge is 0.272 e. The molecule has 0 aromatic carbocycles. The van der Waals surface area contributed by atoms with Gasteiger partial charge in [-0.3, -0.25) is 4.68 Å². The van der Waals surface area contributed by atoms with Crippen molar-refractivity contribution in [2.75, 3.05) is 0 Å². The van der Waals surface area contributed by atoms with E-state index in [1.54, 1.807) is 11.3 Å². The summed E-state index contributed by atoms with van der Waals surface area (Å²) >= 11 is 3.76. The van der Waals surface area contributed by atoms with Gasteiger partial charge in [-0.2, -0.15) is 10.2 Å². The van der Waals surface area contributed by atoms with Crippen molar-refractivity contribution in [1.29, 1.82) is 0 Å². The van der Waals surface area contributed by atoms with Crippen molar-refractivity contribution in [2.45, 2.75) is 13.5 Å². The number of imidazole rings is 1. The molecule has 0 radical (unpaired) electrons. The second kappa shape index (κ2) is 3.81. The highest BCUT2D eigenvalue weighted by molar-refractivity contribution is 14.1. The van der Waals surface area contributed by atoms with Crippen LogP contribution in [0, 0.1) is 3.70 Å². The molecule has 0 N–H and O–H groups in total. The third-order valence-electron chi connectivity index (χ3n) is 2.22. The fourth-order valence-corrected chi connectivity index (χ4v) is 2.95. The van der Waals surface area contributed by atoms with Gasteiger partial charge in [-0.25, -0.2) is 9.50 Å². The van der Waals surface area contributed by atoms with Crippen LogP contribution in [0.25, 0.3) is 15.5 Å². The van der Waals surface area contributed by atoms with E-state index in [4.69, 9.17) is 0 Å². The number of rotatable bonds is 2. The number of nitrogens with zero attached hydrogens (tertiary/aromatic N) is 5. The molecule has 0 saturated heterocycles. The first kappa shape index (κ1) is 10.2. The van der Waals surface area contributed by atoms with Crippen LogP contribution in [0.1, 0.15) is 6.92 Å². The van der Waals surface area contributed by atoms with Crippen molar-refractivity contribution < 1.29 is 0 Å². The maximum absolute atomic E-state index is 4.47. The van der Waals surface area contributed by atoms with Crippen molar-refractivity contribution >= 4 is 38.9 Å². The quantitative estimate of drug-likeness (QED) is 0.670. The second-order valence-electron chi connectivity index (χ2n) is 3.28. The minimum absolute atomic E-state index is 0.875. The van der Waals surface area contributed by atoms with Gasteiger partial charge in [0.2, 0.25) is 4.96 Å². The predicted octanol–water partition coefficient (Wildman–Crippen LogP) is 2.28. The van der Waals surface area contributed by atoms with Crippen molar-refractivity contribution in [3.05, 3.63) is 22.3 Å². The minimum atomic E-state index is 0.875. The van der Waals surface area contributed by atoms with Crippen LogP contribution in [0.5, 0.6) is 0 Å². The SMILES string of the molecule is CCn1cc(-c2nn3cc(I)nc3s2)cn1. The van der Waals surface area contributed by atoms with Gasteiger partial charge < -0.3 is 0 Å². The molecule has 3 heterocycles. The van der Waals surface area contributed by atoms with Gasteiger partial charge in [-0.1, -0.05) is 11.3 Å². The third-order valence-corrected chi connectivity index (χ3v) is 3.71. The Bertz CT molecular complexity index is 606. The van der Waals surface area contributed by atoms with Gasteiger partial charge in [0.15, 0.2) is 5.01 Å². The number of aryl methyl sites for hydroxylation is 1. The van der Waals surface area contributed by atoms with Crippen LogP contribution < -0.4 is 0 Å². The molecule has 5 nitrogen and oxygen atoms in total. The Morgan fingerprint density at radius 3 is 3.00 bits per heavy atom. The predicted molar refractivity (Wildman–Crippen MR) is 70.5 cm³/mol. The number of halogens is 1. The lowest BCUT2D eigenvalue weighted by atomic mass is 10.4. The maximum Gasteiger partial charge on any atom is 0.213 e. The van der Waals surface area contributed by atoms with Crippen LogP contribution in [0.3, 0.4) is 0 Å². The molecular weight excluding hydrogens is 337 g/mol. The molecule has 0 amide bonds. The van der Waals surface area contributed by atoms with Crippen LogP contribution in [0.4, 0.5) is 0 Å². The van der Waals surface area contributed by atoms with Crippen LogP contribution in [-0.4, -0.2) is 24.4 Å². The molecule has 0 saturated carbocycles. The number of hydrogen-bond acceptors (Lipinski definition) is 4. The summed E-state index contributed by atoms with van der Waals surface area (Å²) in [6.45, 7) is 2.94. The maximum atomic E-state index is 4.47. The van der Waals surface area contributed by atoms with E-state index in [1.165, 1.54) is 0 Å². The Labute approximate surface area is 109 Å². The van der Waals surface area contributed by atoms with Gasteiger partial charge in [0.05, 0.1) is 18.0 Å². The topological polar surface area (TPSA) is 48.0 Å². The summed E-state index contributed by atoms with van der Waals surface area (Å²) in [6, 6.07) is 0. The zero-order valence-corrected chi connectivity index (χ0v) is 11.4. The normalized spacial score (nSPS) is 11.4. The van der Waals surface area contributed by atoms with Crippen LogP contribution in [0.15, 0.2) is 18.6 Å². The number of hydrogen-bond donors (Lipinski definition) is 0. The van der Waals surface area contributed by atoms with E-state index in [-0.39, 0.29) is 0 Å². The molecule has 82 valence electrons. The van der Waals surface area contributed by atoms with Gasteiger partial charge in [0.25, 0.3) is 0 Å². The van der Waals surface area contributed by atoms with Crippen molar-refractivity contribution in [2.24, 2.45) is 0 Å². The molecule has 0 aliphatic heterocycles. The summed E-state index contributed by atoms with van der Waals surface area (Å²) < 4.78 is 4.67. The molecule has 0 atom stereocenters. The van der Waals surface area contributed by atoms with E-state index >= 15 is 0 Å². The fourth-order valence-electron chi connectivity index (χ4n) is 1.44. The Balaban J connectivity index is 2.07. The Hall–Kier alpha value is -0.960. The van der Waals surface area contributed by atoms with E-state index < -0.39 is 0 Å². The first-order chi connectivity index (χ1) is 7.76.